The van der Waals surface area contributed by atoms with E-state index in [-0.39, 0.29) is 50.4 Å². The van der Waals surface area contributed by atoms with Gasteiger partial charge in [-0.1, -0.05) is 208 Å². The van der Waals surface area contributed by atoms with Crippen molar-refractivity contribution in [1.82, 2.24) is 0 Å². The predicted octanol–water partition coefficient (Wildman–Crippen LogP) is 19.7. The average molecular weight is 1060 g/mol. The lowest BCUT2D eigenvalue weighted by Gasteiger charge is -2.50. The molecule has 8 aromatic carbocycles. The van der Waals surface area contributed by atoms with Crippen LogP contribution in [0, 0.1) is 0 Å². The van der Waals surface area contributed by atoms with Gasteiger partial charge in [0.1, 0.15) is 0 Å². The Labute approximate surface area is 479 Å². The largest absolute Gasteiger partial charge is 0.333 e. The summed E-state index contributed by atoms with van der Waals surface area (Å²) in [6.45, 7) is 38.3. The van der Waals surface area contributed by atoms with Crippen molar-refractivity contribution in [3.05, 3.63) is 209 Å². The molecular weight excluding hydrogens is 974 g/mol. The van der Waals surface area contributed by atoms with Gasteiger partial charge >= 0.3 is 0 Å². The summed E-state index contributed by atoms with van der Waals surface area (Å²) in [4.78, 5) is 9.42. The molecule has 4 aliphatic rings. The zero-order valence-corrected chi connectivity index (χ0v) is 50.9. The fourth-order valence-electron chi connectivity index (χ4n) is 13.4. The first-order valence-electron chi connectivity index (χ1n) is 29.2. The maximum absolute atomic E-state index is 2.90. The van der Waals surface area contributed by atoms with Crippen molar-refractivity contribution in [3.63, 3.8) is 0 Å². The Morgan fingerprint density at radius 2 is 0.962 bits per heavy atom. The van der Waals surface area contributed by atoms with Crippen molar-refractivity contribution in [2.45, 2.75) is 172 Å². The van der Waals surface area contributed by atoms with Crippen molar-refractivity contribution in [2.24, 2.45) is 0 Å². The van der Waals surface area contributed by atoms with Gasteiger partial charge in [0.05, 0.1) is 11.7 Å². The molecule has 3 aliphatic heterocycles. The Morgan fingerprint density at radius 3 is 1.52 bits per heavy atom. The average Bonchev–Trinajstić information content (AvgIpc) is 2.97. The quantitative estimate of drug-likeness (QED) is 0.154. The minimum atomic E-state index is -0.0539. The molecule has 0 saturated carbocycles. The van der Waals surface area contributed by atoms with Crippen molar-refractivity contribution >= 4 is 74.9 Å². The van der Waals surface area contributed by atoms with E-state index in [0.717, 1.165) is 29.9 Å². The lowest BCUT2D eigenvalue weighted by atomic mass is 9.33. The van der Waals surface area contributed by atoms with Crippen LogP contribution < -0.4 is 25.6 Å². The standard InChI is InChI=1S/C74H82BN3S/c1-69(2,3)48-29-27-47(28-30-48)56-45-58-59(74(15,16)40-39-73(58,13)14)46-62(56)78-64-44-55(76(52-23-19-17-20-24-52)53-25-21-18-22-26-53)43-63-66(64)75(68-67(78)57-41-50(71(7,8)9)34-38-65(57)79-68)60-42-51(72(10,11)12)33-37-61(60)77(63)54-35-31-49(32-36-54)70(4,5)6/h17-38,41-46,67-68H,39-40H2,1-16H3. The van der Waals surface area contributed by atoms with Crippen LogP contribution in [0.4, 0.5) is 45.5 Å². The summed E-state index contributed by atoms with van der Waals surface area (Å²) in [6, 6.07) is 66.7. The molecule has 79 heavy (non-hydrogen) atoms. The van der Waals surface area contributed by atoms with Gasteiger partial charge in [0.25, 0.3) is 0 Å². The van der Waals surface area contributed by atoms with Gasteiger partial charge in [-0.3, -0.25) is 0 Å². The summed E-state index contributed by atoms with van der Waals surface area (Å²) in [5.41, 5.74) is 24.7. The lowest BCUT2D eigenvalue weighted by Crippen LogP contribution is -2.63. The number of thioether (sulfide) groups is 1. The van der Waals surface area contributed by atoms with E-state index in [1.54, 1.807) is 0 Å². The van der Waals surface area contributed by atoms with Crippen molar-refractivity contribution < 1.29 is 0 Å². The summed E-state index contributed by atoms with van der Waals surface area (Å²) in [5.74, 6) is 0. The van der Waals surface area contributed by atoms with E-state index in [9.17, 15) is 0 Å². The number of para-hydroxylation sites is 2. The first-order valence-corrected chi connectivity index (χ1v) is 30.1. The Kier molecular flexibility index (Phi) is 12.5. The highest BCUT2D eigenvalue weighted by atomic mass is 32.2. The Morgan fingerprint density at radius 1 is 0.468 bits per heavy atom. The first-order chi connectivity index (χ1) is 37.2. The van der Waals surface area contributed by atoms with Gasteiger partial charge in [0.2, 0.25) is 6.71 Å². The molecule has 3 nitrogen and oxygen atoms in total. The summed E-state index contributed by atoms with van der Waals surface area (Å²) in [7, 11) is 0. The van der Waals surface area contributed by atoms with Crippen LogP contribution in [0.1, 0.15) is 169 Å². The van der Waals surface area contributed by atoms with E-state index in [0.29, 0.717) is 0 Å². The minimum Gasteiger partial charge on any atom is -0.333 e. The topological polar surface area (TPSA) is 9.72 Å². The van der Waals surface area contributed by atoms with Gasteiger partial charge in [0, 0.05) is 55.4 Å². The van der Waals surface area contributed by atoms with Gasteiger partial charge in [-0.25, -0.2) is 0 Å². The summed E-state index contributed by atoms with van der Waals surface area (Å²) >= 11 is 2.12. The number of nitrogens with zero attached hydrogens (tertiary/aromatic N) is 3. The highest BCUT2D eigenvalue weighted by molar-refractivity contribution is 8.02. The van der Waals surface area contributed by atoms with Gasteiger partial charge < -0.3 is 14.7 Å². The van der Waals surface area contributed by atoms with Gasteiger partial charge in [-0.05, 0) is 174 Å². The van der Waals surface area contributed by atoms with Gasteiger partial charge in [0.15, 0.2) is 0 Å². The highest BCUT2D eigenvalue weighted by Gasteiger charge is 2.55. The Hall–Kier alpha value is -6.43. The molecule has 5 heteroatoms. The number of rotatable bonds is 6. The maximum Gasteiger partial charge on any atom is 0.233 e. The maximum atomic E-state index is 2.90. The number of anilines is 8. The van der Waals surface area contributed by atoms with Crippen molar-refractivity contribution in [1.29, 1.82) is 0 Å². The van der Waals surface area contributed by atoms with E-state index in [1.807, 2.05) is 0 Å². The van der Waals surface area contributed by atoms with Crippen LogP contribution in [0.2, 0.25) is 0 Å². The molecule has 0 radical (unpaired) electrons. The molecule has 0 fully saturated rings. The van der Waals surface area contributed by atoms with Crippen LogP contribution >= 0.6 is 11.8 Å². The second-order valence-corrected chi connectivity index (χ2v) is 30.2. The van der Waals surface area contributed by atoms with Crippen LogP contribution in [-0.2, 0) is 32.5 Å². The summed E-state index contributed by atoms with van der Waals surface area (Å²) in [6.07, 6.45) is 2.29. The summed E-state index contributed by atoms with van der Waals surface area (Å²) < 4.78 is 0. The van der Waals surface area contributed by atoms with Crippen LogP contribution in [0.3, 0.4) is 0 Å². The molecule has 2 atom stereocenters. The zero-order valence-electron chi connectivity index (χ0n) is 50.1. The zero-order chi connectivity index (χ0) is 55.9. The Bertz CT molecular complexity index is 3600. The molecule has 0 bridgehead atoms. The summed E-state index contributed by atoms with van der Waals surface area (Å²) in [5, 5.41) is 0.151. The monoisotopic (exact) mass is 1060 g/mol. The second kappa shape index (κ2) is 18.6. The molecule has 2 unspecified atom stereocenters. The van der Waals surface area contributed by atoms with E-state index < -0.39 is 0 Å². The van der Waals surface area contributed by atoms with Crippen molar-refractivity contribution in [2.75, 3.05) is 14.7 Å². The number of hydrogen-bond donors (Lipinski definition) is 0. The van der Waals surface area contributed by atoms with Crippen LogP contribution in [0.25, 0.3) is 11.1 Å². The fourth-order valence-corrected chi connectivity index (χ4v) is 15.0. The highest BCUT2D eigenvalue weighted by Crippen LogP contribution is 2.60. The van der Waals surface area contributed by atoms with E-state index in [1.165, 1.54) is 94.3 Å². The molecular formula is C74H82BN3S. The molecule has 0 saturated heterocycles. The number of benzene rings is 8. The third kappa shape index (κ3) is 9.15. The minimum absolute atomic E-state index is 0.000996. The predicted molar refractivity (Wildman–Crippen MR) is 344 cm³/mol. The molecule has 0 aromatic heterocycles. The van der Waals surface area contributed by atoms with Crippen molar-refractivity contribution in [3.8, 4) is 11.1 Å². The smallest absolute Gasteiger partial charge is 0.233 e. The SMILES string of the molecule is CC(C)(C)c1ccc(-c2cc3c(cc2N2c4cc(N(c5ccccc5)c5ccccc5)cc5c4B(c4cc(C(C)(C)C)ccc4N5c4ccc(C(C)(C)C)cc4)C4Sc5ccc(C(C)(C)C)cc5C42)C(C)(C)CCC3(C)C)cc1. The molecule has 8 aromatic rings. The molecule has 3 heterocycles. The molecule has 0 spiro atoms. The normalized spacial score (nSPS) is 18.1. The van der Waals surface area contributed by atoms with E-state index in [4.69, 9.17) is 0 Å². The molecule has 1 aliphatic carbocycles. The number of hydrogen-bond acceptors (Lipinski definition) is 4. The molecule has 0 N–H and O–H groups in total. The van der Waals surface area contributed by atoms with Crippen LogP contribution in [-0.4, -0.2) is 11.9 Å². The lowest BCUT2D eigenvalue weighted by molar-refractivity contribution is 0.332. The van der Waals surface area contributed by atoms with Crippen LogP contribution in [0.5, 0.6) is 0 Å². The molecule has 402 valence electrons. The third-order valence-corrected chi connectivity index (χ3v) is 19.8. The molecule has 12 rings (SSSR count). The van der Waals surface area contributed by atoms with Crippen LogP contribution in [0.15, 0.2) is 175 Å². The Balaban J connectivity index is 1.26. The van der Waals surface area contributed by atoms with Gasteiger partial charge in [-0.2, -0.15) is 0 Å². The fraction of sp³-hybridized carbons (Fsp3) is 0.351. The first kappa shape index (κ1) is 53.2. The van der Waals surface area contributed by atoms with E-state index in [2.05, 4.69) is 307 Å². The third-order valence-electron chi connectivity index (χ3n) is 18.3. The van der Waals surface area contributed by atoms with E-state index >= 15 is 0 Å². The van der Waals surface area contributed by atoms with Gasteiger partial charge in [-0.15, -0.1) is 11.8 Å². The molecule has 0 amide bonds. The second-order valence-electron chi connectivity index (χ2n) is 28.9. The number of fused-ring (bicyclic) bond motifs is 7.